The lowest BCUT2D eigenvalue weighted by Crippen LogP contribution is -2.61. The SMILES string of the molecule is O=C(O)CNNC(CO)(CO)COC(=O)CN(CCO)CCO. The summed E-state index contributed by atoms with van der Waals surface area (Å²) in [6.07, 6.45) is 0. The number of aliphatic carboxylic acids is 1. The van der Waals surface area contributed by atoms with E-state index < -0.39 is 43.8 Å². The topological polar surface area (TPSA) is 172 Å². The summed E-state index contributed by atoms with van der Waals surface area (Å²) in [4.78, 5) is 23.6. The molecule has 0 heterocycles. The number of carboxylic acid groups (broad SMARTS) is 1. The zero-order chi connectivity index (χ0) is 17.7. The average Bonchev–Trinajstić information content (AvgIpc) is 2.51. The van der Waals surface area contributed by atoms with Gasteiger partial charge in [-0.05, 0) is 0 Å². The molecule has 7 N–H and O–H groups in total. The summed E-state index contributed by atoms with van der Waals surface area (Å²) in [5, 5.41) is 44.9. The minimum atomic E-state index is -1.44. The van der Waals surface area contributed by atoms with Gasteiger partial charge in [-0.2, -0.15) is 0 Å². The Hall–Kier alpha value is -1.34. The van der Waals surface area contributed by atoms with E-state index in [2.05, 4.69) is 10.9 Å². The first-order chi connectivity index (χ1) is 10.9. The molecule has 0 atom stereocenters. The van der Waals surface area contributed by atoms with E-state index in [9.17, 15) is 19.8 Å². The van der Waals surface area contributed by atoms with Gasteiger partial charge in [0.2, 0.25) is 0 Å². The van der Waals surface area contributed by atoms with Crippen molar-refractivity contribution in [1.29, 1.82) is 0 Å². The van der Waals surface area contributed by atoms with Crippen LogP contribution in [0.15, 0.2) is 0 Å². The average molecular weight is 339 g/mol. The Morgan fingerprint density at radius 3 is 2.04 bits per heavy atom. The van der Waals surface area contributed by atoms with Crippen molar-refractivity contribution in [3.63, 3.8) is 0 Å². The van der Waals surface area contributed by atoms with E-state index in [1.165, 1.54) is 4.90 Å². The summed E-state index contributed by atoms with van der Waals surface area (Å²) in [7, 11) is 0. The van der Waals surface area contributed by atoms with Crippen LogP contribution in [0.25, 0.3) is 0 Å². The summed E-state index contributed by atoms with van der Waals surface area (Å²) in [6.45, 7) is -2.29. The third-order valence-corrected chi connectivity index (χ3v) is 2.89. The van der Waals surface area contributed by atoms with E-state index in [1.54, 1.807) is 0 Å². The molecule has 23 heavy (non-hydrogen) atoms. The molecular weight excluding hydrogens is 314 g/mol. The zero-order valence-electron chi connectivity index (χ0n) is 12.8. The molecule has 136 valence electrons. The van der Waals surface area contributed by atoms with Crippen LogP contribution in [0.2, 0.25) is 0 Å². The van der Waals surface area contributed by atoms with Gasteiger partial charge < -0.3 is 30.3 Å². The molecule has 0 saturated carbocycles. The van der Waals surface area contributed by atoms with Crippen LogP contribution in [0.5, 0.6) is 0 Å². The molecule has 0 amide bonds. The van der Waals surface area contributed by atoms with Gasteiger partial charge in [-0.15, -0.1) is 0 Å². The number of carboxylic acids is 1. The minimum absolute atomic E-state index is 0.180. The fourth-order valence-electron chi connectivity index (χ4n) is 1.56. The van der Waals surface area contributed by atoms with Crippen molar-refractivity contribution in [3.8, 4) is 0 Å². The number of hydrazine groups is 1. The molecule has 0 spiro atoms. The van der Waals surface area contributed by atoms with Crippen LogP contribution in [0.4, 0.5) is 0 Å². The maximum absolute atomic E-state index is 11.7. The second kappa shape index (κ2) is 12.1. The van der Waals surface area contributed by atoms with Crippen molar-refractivity contribution in [1.82, 2.24) is 15.8 Å². The highest BCUT2D eigenvalue weighted by Gasteiger charge is 2.31. The van der Waals surface area contributed by atoms with E-state index >= 15 is 0 Å². The number of rotatable bonds is 14. The molecule has 0 aromatic heterocycles. The van der Waals surface area contributed by atoms with E-state index in [1.807, 2.05) is 0 Å². The first kappa shape index (κ1) is 21.7. The van der Waals surface area contributed by atoms with Gasteiger partial charge in [-0.25, -0.2) is 10.9 Å². The van der Waals surface area contributed by atoms with Crippen molar-refractivity contribution in [3.05, 3.63) is 0 Å². The van der Waals surface area contributed by atoms with Gasteiger partial charge in [-0.1, -0.05) is 0 Å². The number of nitrogens with zero attached hydrogens (tertiary/aromatic N) is 1. The summed E-state index contributed by atoms with van der Waals surface area (Å²) >= 11 is 0. The minimum Gasteiger partial charge on any atom is -0.480 e. The Balaban J connectivity index is 4.42. The number of carbonyl (C=O) groups is 2. The number of aliphatic hydroxyl groups is 4. The van der Waals surface area contributed by atoms with Crippen LogP contribution in [0, 0.1) is 0 Å². The first-order valence-corrected chi connectivity index (χ1v) is 6.96. The van der Waals surface area contributed by atoms with Crippen molar-refractivity contribution >= 4 is 11.9 Å². The van der Waals surface area contributed by atoms with Crippen LogP contribution in [0.1, 0.15) is 0 Å². The van der Waals surface area contributed by atoms with Gasteiger partial charge in [0, 0.05) is 13.1 Å². The van der Waals surface area contributed by atoms with Crippen LogP contribution < -0.4 is 10.9 Å². The summed E-state index contributed by atoms with van der Waals surface area (Å²) in [5.74, 6) is -1.83. The number of esters is 1. The molecule has 0 bridgehead atoms. The number of ether oxygens (including phenoxy) is 1. The largest absolute Gasteiger partial charge is 0.480 e. The predicted octanol–water partition coefficient (Wildman–Crippen LogP) is -4.28. The van der Waals surface area contributed by atoms with Crippen molar-refractivity contribution in [2.75, 3.05) is 59.2 Å². The van der Waals surface area contributed by atoms with Crippen LogP contribution >= 0.6 is 0 Å². The fraction of sp³-hybridized carbons (Fsp3) is 0.833. The molecule has 0 aliphatic heterocycles. The Labute approximate surface area is 133 Å². The maximum Gasteiger partial charge on any atom is 0.320 e. The van der Waals surface area contributed by atoms with Gasteiger partial charge >= 0.3 is 11.9 Å². The van der Waals surface area contributed by atoms with E-state index in [0.717, 1.165) is 0 Å². The molecule has 11 nitrogen and oxygen atoms in total. The highest BCUT2D eigenvalue weighted by Crippen LogP contribution is 2.03. The highest BCUT2D eigenvalue weighted by atomic mass is 16.5. The van der Waals surface area contributed by atoms with Crippen molar-refractivity contribution in [2.24, 2.45) is 0 Å². The molecule has 0 aromatic carbocycles. The fourth-order valence-corrected chi connectivity index (χ4v) is 1.56. The molecule has 0 unspecified atom stereocenters. The lowest BCUT2D eigenvalue weighted by Gasteiger charge is -2.30. The third-order valence-electron chi connectivity index (χ3n) is 2.89. The van der Waals surface area contributed by atoms with Crippen molar-refractivity contribution in [2.45, 2.75) is 5.54 Å². The Bertz CT molecular complexity index is 345. The monoisotopic (exact) mass is 339 g/mol. The number of hydrogen-bond acceptors (Lipinski definition) is 10. The highest BCUT2D eigenvalue weighted by molar-refractivity contribution is 5.71. The normalized spacial score (nSPS) is 11.7. The smallest absolute Gasteiger partial charge is 0.320 e. The molecule has 0 aromatic rings. The number of carbonyl (C=O) groups excluding carboxylic acids is 1. The Morgan fingerprint density at radius 1 is 1.04 bits per heavy atom. The third kappa shape index (κ3) is 9.40. The number of nitrogens with one attached hydrogen (secondary N) is 2. The van der Waals surface area contributed by atoms with E-state index in [-0.39, 0.29) is 32.8 Å². The number of aliphatic hydroxyl groups excluding tert-OH is 4. The Morgan fingerprint density at radius 2 is 1.61 bits per heavy atom. The van der Waals surface area contributed by atoms with E-state index in [0.29, 0.717) is 0 Å². The second-order valence-corrected chi connectivity index (χ2v) is 4.85. The quantitative estimate of drug-likeness (QED) is 0.121. The predicted molar refractivity (Wildman–Crippen MR) is 77.2 cm³/mol. The summed E-state index contributed by atoms with van der Waals surface area (Å²) in [5.41, 5.74) is 3.28. The van der Waals surface area contributed by atoms with Crippen molar-refractivity contribution < 1.29 is 39.9 Å². The molecule has 0 aliphatic carbocycles. The van der Waals surface area contributed by atoms with Gasteiger partial charge in [0.1, 0.15) is 18.7 Å². The molecule has 0 saturated heterocycles. The Kier molecular flexibility index (Phi) is 11.4. The van der Waals surface area contributed by atoms with Gasteiger partial charge in [0.25, 0.3) is 0 Å². The number of hydrogen-bond donors (Lipinski definition) is 7. The molecule has 0 rings (SSSR count). The van der Waals surface area contributed by atoms with Gasteiger partial charge in [-0.3, -0.25) is 14.5 Å². The van der Waals surface area contributed by atoms with Crippen LogP contribution in [-0.2, 0) is 14.3 Å². The maximum atomic E-state index is 11.7. The molecule has 0 aliphatic rings. The summed E-state index contributed by atoms with van der Waals surface area (Å²) in [6, 6.07) is 0. The molecule has 11 heteroatoms. The summed E-state index contributed by atoms with van der Waals surface area (Å²) < 4.78 is 4.96. The van der Waals surface area contributed by atoms with Crippen LogP contribution in [0.3, 0.4) is 0 Å². The lowest BCUT2D eigenvalue weighted by molar-refractivity contribution is -0.149. The van der Waals surface area contributed by atoms with Crippen LogP contribution in [-0.4, -0.2) is 107 Å². The second-order valence-electron chi connectivity index (χ2n) is 4.85. The standard InChI is InChI=1S/C12H25N3O8/c16-3-1-15(2-4-17)6-11(22)23-9-12(7-18,8-19)14-13-5-10(20)21/h13-14,16-19H,1-9H2,(H,20,21). The zero-order valence-corrected chi connectivity index (χ0v) is 12.8. The molecular formula is C12H25N3O8. The molecule has 0 radical (unpaired) electrons. The first-order valence-electron chi connectivity index (χ1n) is 6.96. The van der Waals surface area contributed by atoms with Gasteiger partial charge in [0.05, 0.1) is 33.0 Å². The van der Waals surface area contributed by atoms with Gasteiger partial charge in [0.15, 0.2) is 0 Å². The lowest BCUT2D eigenvalue weighted by atomic mass is 10.1. The van der Waals surface area contributed by atoms with E-state index in [4.69, 9.17) is 20.1 Å². The molecule has 0 fully saturated rings.